The van der Waals surface area contributed by atoms with Crippen LogP contribution in [0, 0.1) is 11.3 Å². The lowest BCUT2D eigenvalue weighted by Crippen LogP contribution is -2.24. The third-order valence-electron chi connectivity index (χ3n) is 2.81. The first-order valence-corrected chi connectivity index (χ1v) is 6.74. The van der Waals surface area contributed by atoms with E-state index in [1.165, 1.54) is 0 Å². The summed E-state index contributed by atoms with van der Waals surface area (Å²) in [5.74, 6) is -0.171. The fourth-order valence-electron chi connectivity index (χ4n) is 1.76. The molecule has 0 aliphatic rings. The van der Waals surface area contributed by atoms with E-state index in [4.69, 9.17) is 5.26 Å². The molecule has 2 aromatic rings. The van der Waals surface area contributed by atoms with Crippen molar-refractivity contribution in [2.45, 2.75) is 13.3 Å². The Morgan fingerprint density at radius 2 is 2.14 bits per heavy atom. The fraction of sp³-hybridized carbons (Fsp3) is 0.188. The van der Waals surface area contributed by atoms with Crippen LogP contribution in [0.25, 0.3) is 0 Å². The van der Waals surface area contributed by atoms with Gasteiger partial charge in [-0.1, -0.05) is 13.0 Å². The van der Waals surface area contributed by atoms with Crippen LogP contribution >= 0.6 is 0 Å². The number of hydrogen-bond acceptors (Lipinski definition) is 4. The van der Waals surface area contributed by atoms with Gasteiger partial charge < -0.3 is 10.6 Å². The van der Waals surface area contributed by atoms with Crippen molar-refractivity contribution in [2.24, 2.45) is 0 Å². The lowest BCUT2D eigenvalue weighted by atomic mass is 10.2. The minimum atomic E-state index is -0.171. The van der Waals surface area contributed by atoms with E-state index in [-0.39, 0.29) is 5.91 Å². The SMILES string of the molecule is CCCNC(=O)c1ccc(Nc2cccc(C#N)c2)cn1. The quantitative estimate of drug-likeness (QED) is 0.882. The van der Waals surface area contributed by atoms with E-state index in [1.807, 2.05) is 13.0 Å². The van der Waals surface area contributed by atoms with Crippen LogP contribution in [0.2, 0.25) is 0 Å². The van der Waals surface area contributed by atoms with Gasteiger partial charge in [0.2, 0.25) is 0 Å². The molecule has 0 radical (unpaired) electrons. The summed E-state index contributed by atoms with van der Waals surface area (Å²) in [6.45, 7) is 2.64. The smallest absolute Gasteiger partial charge is 0.269 e. The van der Waals surface area contributed by atoms with Gasteiger partial charge in [-0.2, -0.15) is 5.26 Å². The fourth-order valence-corrected chi connectivity index (χ4v) is 1.76. The van der Waals surface area contributed by atoms with E-state index in [0.29, 0.717) is 17.8 Å². The van der Waals surface area contributed by atoms with Crippen molar-refractivity contribution in [3.63, 3.8) is 0 Å². The average Bonchev–Trinajstić information content (AvgIpc) is 2.53. The van der Waals surface area contributed by atoms with Crippen molar-refractivity contribution < 1.29 is 4.79 Å². The zero-order valence-corrected chi connectivity index (χ0v) is 11.8. The van der Waals surface area contributed by atoms with Crippen LogP contribution in [0.4, 0.5) is 11.4 Å². The van der Waals surface area contributed by atoms with Crippen LogP contribution in [-0.4, -0.2) is 17.4 Å². The van der Waals surface area contributed by atoms with Crippen LogP contribution in [0.5, 0.6) is 0 Å². The van der Waals surface area contributed by atoms with Crippen molar-refractivity contribution in [3.8, 4) is 6.07 Å². The number of anilines is 2. The van der Waals surface area contributed by atoms with Gasteiger partial charge in [0, 0.05) is 12.2 Å². The molecule has 0 aliphatic carbocycles. The highest BCUT2D eigenvalue weighted by atomic mass is 16.1. The Balaban J connectivity index is 2.05. The highest BCUT2D eigenvalue weighted by Gasteiger charge is 2.05. The number of carbonyl (C=O) groups is 1. The van der Waals surface area contributed by atoms with Gasteiger partial charge in [0.1, 0.15) is 5.69 Å². The van der Waals surface area contributed by atoms with Crippen molar-refractivity contribution in [1.82, 2.24) is 10.3 Å². The third-order valence-corrected chi connectivity index (χ3v) is 2.81. The number of hydrogen-bond donors (Lipinski definition) is 2. The number of pyridine rings is 1. The van der Waals surface area contributed by atoms with Gasteiger partial charge in [0.25, 0.3) is 5.91 Å². The largest absolute Gasteiger partial charge is 0.354 e. The van der Waals surface area contributed by atoms with Crippen molar-refractivity contribution in [2.75, 3.05) is 11.9 Å². The second-order valence-corrected chi connectivity index (χ2v) is 4.51. The normalized spacial score (nSPS) is 9.71. The number of nitriles is 1. The summed E-state index contributed by atoms with van der Waals surface area (Å²) in [7, 11) is 0. The van der Waals surface area contributed by atoms with E-state index in [0.717, 1.165) is 17.8 Å². The third kappa shape index (κ3) is 4.05. The molecule has 1 heterocycles. The first-order chi connectivity index (χ1) is 10.2. The topological polar surface area (TPSA) is 77.8 Å². The summed E-state index contributed by atoms with van der Waals surface area (Å²) in [4.78, 5) is 15.9. The molecule has 21 heavy (non-hydrogen) atoms. The van der Waals surface area contributed by atoms with E-state index in [9.17, 15) is 4.79 Å². The maximum atomic E-state index is 11.7. The second kappa shape index (κ2) is 7.06. The lowest BCUT2D eigenvalue weighted by molar-refractivity contribution is 0.0949. The Morgan fingerprint density at radius 1 is 1.29 bits per heavy atom. The standard InChI is InChI=1S/C16H16N4O/c1-2-8-18-16(21)15-7-6-14(11-19-15)20-13-5-3-4-12(9-13)10-17/h3-7,9,11,20H,2,8H2,1H3,(H,18,21). The number of benzene rings is 1. The van der Waals surface area contributed by atoms with Crippen LogP contribution in [0.15, 0.2) is 42.6 Å². The maximum Gasteiger partial charge on any atom is 0.269 e. The van der Waals surface area contributed by atoms with Crippen LogP contribution < -0.4 is 10.6 Å². The molecule has 0 atom stereocenters. The zero-order chi connectivity index (χ0) is 15.1. The van der Waals surface area contributed by atoms with Crippen molar-refractivity contribution >= 4 is 17.3 Å². The lowest BCUT2D eigenvalue weighted by Gasteiger charge is -2.07. The number of carbonyl (C=O) groups excluding carboxylic acids is 1. The summed E-state index contributed by atoms with van der Waals surface area (Å²) >= 11 is 0. The molecule has 0 spiro atoms. The molecule has 0 saturated carbocycles. The number of nitrogens with one attached hydrogen (secondary N) is 2. The van der Waals surface area contributed by atoms with Gasteiger partial charge in [-0.3, -0.25) is 4.79 Å². The van der Waals surface area contributed by atoms with Gasteiger partial charge in [-0.25, -0.2) is 4.98 Å². The Labute approximate surface area is 123 Å². The Morgan fingerprint density at radius 3 is 2.81 bits per heavy atom. The summed E-state index contributed by atoms with van der Waals surface area (Å²) in [6, 6.07) is 12.7. The molecule has 2 rings (SSSR count). The monoisotopic (exact) mass is 280 g/mol. The minimum Gasteiger partial charge on any atom is -0.354 e. The summed E-state index contributed by atoms with van der Waals surface area (Å²) < 4.78 is 0. The first kappa shape index (κ1) is 14.5. The van der Waals surface area contributed by atoms with Crippen LogP contribution in [-0.2, 0) is 0 Å². The molecule has 106 valence electrons. The van der Waals surface area contributed by atoms with Gasteiger partial charge in [-0.15, -0.1) is 0 Å². The zero-order valence-electron chi connectivity index (χ0n) is 11.8. The number of amides is 1. The molecule has 0 saturated heterocycles. The van der Waals surface area contributed by atoms with Crippen LogP contribution in [0.3, 0.4) is 0 Å². The summed E-state index contributed by atoms with van der Waals surface area (Å²) in [6.07, 6.45) is 2.49. The predicted molar refractivity (Wildman–Crippen MR) is 81.3 cm³/mol. The number of rotatable bonds is 5. The van der Waals surface area contributed by atoms with Gasteiger partial charge in [0.05, 0.1) is 23.5 Å². The maximum absolute atomic E-state index is 11.7. The molecule has 0 aliphatic heterocycles. The molecule has 1 amide bonds. The minimum absolute atomic E-state index is 0.171. The average molecular weight is 280 g/mol. The van der Waals surface area contributed by atoms with Gasteiger partial charge in [0.15, 0.2) is 0 Å². The second-order valence-electron chi connectivity index (χ2n) is 4.51. The van der Waals surface area contributed by atoms with E-state index in [2.05, 4.69) is 21.7 Å². The summed E-state index contributed by atoms with van der Waals surface area (Å²) in [5.41, 5.74) is 2.54. The molecule has 0 unspecified atom stereocenters. The molecule has 1 aromatic carbocycles. The van der Waals surface area contributed by atoms with Crippen LogP contribution in [0.1, 0.15) is 29.4 Å². The van der Waals surface area contributed by atoms with E-state index >= 15 is 0 Å². The van der Waals surface area contributed by atoms with E-state index in [1.54, 1.807) is 36.5 Å². The molecule has 0 fully saturated rings. The Bertz CT molecular complexity index is 659. The predicted octanol–water partition coefficient (Wildman–Crippen LogP) is 2.84. The molecular weight excluding hydrogens is 264 g/mol. The number of nitrogens with zero attached hydrogens (tertiary/aromatic N) is 2. The molecular formula is C16H16N4O. The molecule has 1 aromatic heterocycles. The molecule has 5 nitrogen and oxygen atoms in total. The number of aromatic nitrogens is 1. The van der Waals surface area contributed by atoms with Crippen molar-refractivity contribution in [1.29, 1.82) is 5.26 Å². The van der Waals surface area contributed by atoms with Gasteiger partial charge in [-0.05, 0) is 36.8 Å². The van der Waals surface area contributed by atoms with Crippen molar-refractivity contribution in [3.05, 3.63) is 53.9 Å². The van der Waals surface area contributed by atoms with E-state index < -0.39 is 0 Å². The molecule has 5 heteroatoms. The molecule has 2 N–H and O–H groups in total. The highest BCUT2D eigenvalue weighted by molar-refractivity contribution is 5.92. The Hall–Kier alpha value is -2.87. The highest BCUT2D eigenvalue weighted by Crippen LogP contribution is 2.16. The van der Waals surface area contributed by atoms with Gasteiger partial charge >= 0.3 is 0 Å². The summed E-state index contributed by atoms with van der Waals surface area (Å²) in [5, 5.41) is 14.8. The molecule has 0 bridgehead atoms. The first-order valence-electron chi connectivity index (χ1n) is 6.74. The Kier molecular flexibility index (Phi) is 4.89.